The highest BCUT2D eigenvalue weighted by Gasteiger charge is 2.31. The third-order valence-electron chi connectivity index (χ3n) is 4.67. The summed E-state index contributed by atoms with van der Waals surface area (Å²) in [7, 11) is 0. The SMILES string of the molecule is Cc1ccc(F)cc1CC(C)(CNC1CC1)C(C)C. The summed E-state index contributed by atoms with van der Waals surface area (Å²) < 4.78 is 13.4. The van der Waals surface area contributed by atoms with Gasteiger partial charge in [-0.25, -0.2) is 4.39 Å². The zero-order chi connectivity index (χ0) is 14.0. The second kappa shape index (κ2) is 5.62. The molecule has 1 unspecified atom stereocenters. The first-order valence-electron chi connectivity index (χ1n) is 7.39. The van der Waals surface area contributed by atoms with Crippen molar-refractivity contribution < 1.29 is 4.39 Å². The van der Waals surface area contributed by atoms with Crippen LogP contribution < -0.4 is 5.32 Å². The van der Waals surface area contributed by atoms with Crippen molar-refractivity contribution in [2.75, 3.05) is 6.54 Å². The molecular formula is C17H26FN. The number of nitrogens with one attached hydrogen (secondary N) is 1. The molecule has 2 heteroatoms. The molecule has 0 spiro atoms. The largest absolute Gasteiger partial charge is 0.313 e. The van der Waals surface area contributed by atoms with Crippen molar-refractivity contribution in [2.24, 2.45) is 11.3 Å². The fourth-order valence-electron chi connectivity index (χ4n) is 2.40. The molecule has 1 aliphatic carbocycles. The molecule has 1 fully saturated rings. The van der Waals surface area contributed by atoms with Gasteiger partial charge in [0.25, 0.3) is 0 Å². The number of hydrogen-bond donors (Lipinski definition) is 1. The quantitative estimate of drug-likeness (QED) is 0.815. The monoisotopic (exact) mass is 263 g/mol. The van der Waals surface area contributed by atoms with E-state index in [1.165, 1.54) is 18.4 Å². The van der Waals surface area contributed by atoms with Gasteiger partial charge in [0.15, 0.2) is 0 Å². The van der Waals surface area contributed by atoms with Gasteiger partial charge in [0, 0.05) is 12.6 Å². The lowest BCUT2D eigenvalue weighted by Crippen LogP contribution is -2.39. The van der Waals surface area contributed by atoms with E-state index in [4.69, 9.17) is 0 Å². The van der Waals surface area contributed by atoms with Crippen molar-refractivity contribution >= 4 is 0 Å². The molecule has 0 heterocycles. The van der Waals surface area contributed by atoms with Crippen LogP contribution >= 0.6 is 0 Å². The molecule has 0 aromatic heterocycles. The average molecular weight is 263 g/mol. The zero-order valence-electron chi connectivity index (χ0n) is 12.6. The Morgan fingerprint density at radius 2 is 2.05 bits per heavy atom. The summed E-state index contributed by atoms with van der Waals surface area (Å²) >= 11 is 0. The maximum absolute atomic E-state index is 13.4. The van der Waals surface area contributed by atoms with Crippen LogP contribution in [-0.4, -0.2) is 12.6 Å². The molecule has 1 atom stereocenters. The van der Waals surface area contributed by atoms with Crippen molar-refractivity contribution in [3.05, 3.63) is 35.1 Å². The summed E-state index contributed by atoms with van der Waals surface area (Å²) in [6, 6.07) is 5.87. The van der Waals surface area contributed by atoms with Gasteiger partial charge in [0.1, 0.15) is 5.82 Å². The minimum Gasteiger partial charge on any atom is -0.313 e. The van der Waals surface area contributed by atoms with Gasteiger partial charge >= 0.3 is 0 Å². The van der Waals surface area contributed by atoms with E-state index >= 15 is 0 Å². The Morgan fingerprint density at radius 3 is 2.63 bits per heavy atom. The minimum atomic E-state index is -0.123. The van der Waals surface area contributed by atoms with Gasteiger partial charge < -0.3 is 5.32 Å². The normalized spacial score (nSPS) is 18.6. The number of halogens is 1. The summed E-state index contributed by atoms with van der Waals surface area (Å²) in [5.74, 6) is 0.447. The molecule has 19 heavy (non-hydrogen) atoms. The van der Waals surface area contributed by atoms with Crippen molar-refractivity contribution in [2.45, 2.75) is 53.0 Å². The molecule has 106 valence electrons. The van der Waals surface area contributed by atoms with Crippen LogP contribution in [0.5, 0.6) is 0 Å². The fraction of sp³-hybridized carbons (Fsp3) is 0.647. The lowest BCUT2D eigenvalue weighted by molar-refractivity contribution is 0.206. The van der Waals surface area contributed by atoms with Crippen LogP contribution in [0.1, 0.15) is 44.7 Å². The number of hydrogen-bond acceptors (Lipinski definition) is 1. The first-order valence-corrected chi connectivity index (χ1v) is 7.39. The molecule has 0 saturated heterocycles. The lowest BCUT2D eigenvalue weighted by atomic mass is 9.73. The standard InChI is InChI=1S/C17H26FN/c1-12(2)17(4,11-19-16-7-8-16)10-14-9-15(18)6-5-13(14)3/h5-6,9,12,16,19H,7-8,10-11H2,1-4H3. The van der Waals surface area contributed by atoms with Crippen molar-refractivity contribution in [1.29, 1.82) is 0 Å². The van der Waals surface area contributed by atoms with Crippen molar-refractivity contribution in [3.8, 4) is 0 Å². The minimum absolute atomic E-state index is 0.123. The van der Waals surface area contributed by atoms with Crippen molar-refractivity contribution in [1.82, 2.24) is 5.32 Å². The van der Waals surface area contributed by atoms with Crippen molar-refractivity contribution in [3.63, 3.8) is 0 Å². The topological polar surface area (TPSA) is 12.0 Å². The van der Waals surface area contributed by atoms with E-state index in [1.807, 2.05) is 6.07 Å². The van der Waals surface area contributed by atoms with Crippen LogP contribution in [0.15, 0.2) is 18.2 Å². The van der Waals surface area contributed by atoms with Gasteiger partial charge in [0.05, 0.1) is 0 Å². The van der Waals surface area contributed by atoms with Gasteiger partial charge in [-0.3, -0.25) is 0 Å². The van der Waals surface area contributed by atoms with E-state index in [1.54, 1.807) is 12.1 Å². The van der Waals surface area contributed by atoms with Gasteiger partial charge in [-0.2, -0.15) is 0 Å². The molecule has 2 rings (SSSR count). The molecule has 1 nitrogen and oxygen atoms in total. The maximum atomic E-state index is 13.4. The van der Waals surface area contributed by atoms with Gasteiger partial charge in [-0.05, 0) is 60.8 Å². The van der Waals surface area contributed by atoms with E-state index in [0.717, 1.165) is 24.6 Å². The van der Waals surface area contributed by atoms with Crippen LogP contribution in [0.3, 0.4) is 0 Å². The average Bonchev–Trinajstić information content (AvgIpc) is 3.15. The predicted octanol–water partition coefficient (Wildman–Crippen LogP) is 4.09. The molecular weight excluding hydrogens is 237 g/mol. The lowest BCUT2D eigenvalue weighted by Gasteiger charge is -2.35. The second-order valence-electron chi connectivity index (χ2n) is 6.71. The molecule has 1 aliphatic rings. The Kier molecular flexibility index (Phi) is 4.29. The predicted molar refractivity (Wildman–Crippen MR) is 78.8 cm³/mol. The van der Waals surface area contributed by atoms with Crippen LogP contribution in [0, 0.1) is 24.1 Å². The highest BCUT2D eigenvalue weighted by molar-refractivity contribution is 5.27. The second-order valence-corrected chi connectivity index (χ2v) is 6.71. The third kappa shape index (κ3) is 3.79. The zero-order valence-corrected chi connectivity index (χ0v) is 12.6. The molecule has 0 bridgehead atoms. The Labute approximate surface area is 116 Å². The molecule has 1 N–H and O–H groups in total. The molecule has 0 radical (unpaired) electrons. The number of rotatable bonds is 6. The Balaban J connectivity index is 2.11. The van der Waals surface area contributed by atoms with Crippen LogP contribution in [0.2, 0.25) is 0 Å². The molecule has 1 saturated carbocycles. The first-order chi connectivity index (χ1) is 8.90. The fourth-order valence-corrected chi connectivity index (χ4v) is 2.40. The Morgan fingerprint density at radius 1 is 1.37 bits per heavy atom. The smallest absolute Gasteiger partial charge is 0.123 e. The molecule has 1 aromatic rings. The van der Waals surface area contributed by atoms with E-state index in [-0.39, 0.29) is 11.2 Å². The first kappa shape index (κ1) is 14.5. The summed E-state index contributed by atoms with van der Waals surface area (Å²) in [6.45, 7) is 9.94. The summed E-state index contributed by atoms with van der Waals surface area (Å²) in [5, 5.41) is 3.64. The van der Waals surface area contributed by atoms with Gasteiger partial charge in [0.2, 0.25) is 0 Å². The number of aryl methyl sites for hydroxylation is 1. The van der Waals surface area contributed by atoms with Gasteiger partial charge in [-0.1, -0.05) is 26.8 Å². The van der Waals surface area contributed by atoms with E-state index in [9.17, 15) is 4.39 Å². The van der Waals surface area contributed by atoms with Crippen LogP contribution in [0.4, 0.5) is 4.39 Å². The highest BCUT2D eigenvalue weighted by Crippen LogP contribution is 2.33. The summed E-state index contributed by atoms with van der Waals surface area (Å²) in [6.07, 6.45) is 3.56. The van der Waals surface area contributed by atoms with E-state index < -0.39 is 0 Å². The summed E-state index contributed by atoms with van der Waals surface area (Å²) in [4.78, 5) is 0. The third-order valence-corrected chi connectivity index (χ3v) is 4.67. The Bertz CT molecular complexity index is 437. The van der Waals surface area contributed by atoms with Gasteiger partial charge in [-0.15, -0.1) is 0 Å². The highest BCUT2D eigenvalue weighted by atomic mass is 19.1. The summed E-state index contributed by atoms with van der Waals surface area (Å²) in [5.41, 5.74) is 2.52. The van der Waals surface area contributed by atoms with E-state index in [2.05, 4.69) is 33.0 Å². The molecule has 0 amide bonds. The molecule has 1 aromatic carbocycles. The van der Waals surface area contributed by atoms with Crippen LogP contribution in [0.25, 0.3) is 0 Å². The number of benzene rings is 1. The van der Waals surface area contributed by atoms with E-state index in [0.29, 0.717) is 5.92 Å². The maximum Gasteiger partial charge on any atom is 0.123 e. The Hall–Kier alpha value is -0.890. The molecule has 0 aliphatic heterocycles. The van der Waals surface area contributed by atoms with Crippen LogP contribution in [-0.2, 0) is 6.42 Å².